The van der Waals surface area contributed by atoms with Crippen LogP contribution in [0.1, 0.15) is 50.9 Å². The van der Waals surface area contributed by atoms with E-state index in [0.29, 0.717) is 52.4 Å². The Morgan fingerprint density at radius 3 is 2.61 bits per heavy atom. The van der Waals surface area contributed by atoms with Crippen molar-refractivity contribution in [3.05, 3.63) is 101 Å². The van der Waals surface area contributed by atoms with E-state index in [9.17, 15) is 9.59 Å². The largest absolute Gasteiger partial charge is 0.339 e. The van der Waals surface area contributed by atoms with Crippen LogP contribution in [0.15, 0.2) is 73.2 Å². The fourth-order valence-electron chi connectivity index (χ4n) is 5.12. The highest BCUT2D eigenvalue weighted by Crippen LogP contribution is 2.30. The van der Waals surface area contributed by atoms with E-state index in [1.54, 1.807) is 42.0 Å². The Kier molecular flexibility index (Phi) is 6.25. The van der Waals surface area contributed by atoms with E-state index in [4.69, 9.17) is 11.6 Å². The van der Waals surface area contributed by atoms with Gasteiger partial charge in [0.1, 0.15) is 5.69 Å². The van der Waals surface area contributed by atoms with Crippen LogP contribution in [0.2, 0.25) is 5.02 Å². The molecule has 1 aliphatic rings. The summed E-state index contributed by atoms with van der Waals surface area (Å²) >= 11 is 6.11. The molecule has 1 saturated heterocycles. The van der Waals surface area contributed by atoms with Gasteiger partial charge in [-0.1, -0.05) is 23.7 Å². The van der Waals surface area contributed by atoms with Crippen LogP contribution < -0.4 is 5.32 Å². The summed E-state index contributed by atoms with van der Waals surface area (Å²) in [5.74, 6) is 0.614. The standard InChI is InChI=1S/C29H25ClN6O2/c1-18-26(36-12-2-11-31-29(36)33-18)27(37)34-24-6-3-19(4-7-24)20-9-13-35(14-10-20)28(38)22-15-21-16-23(30)5-8-25(21)32-17-22/h2-8,11-12,15-17,20H,9-10,13-14H2,1H3,(H,34,37). The minimum absolute atomic E-state index is 0.00576. The zero-order valence-corrected chi connectivity index (χ0v) is 21.5. The zero-order chi connectivity index (χ0) is 26.2. The SMILES string of the molecule is Cc1nc2ncccn2c1C(=O)Nc1ccc(C2CCN(C(=O)c3cnc4ccc(Cl)cc4c3)CC2)cc1. The lowest BCUT2D eigenvalue weighted by Crippen LogP contribution is -2.38. The number of hydrogen-bond donors (Lipinski definition) is 1. The van der Waals surface area contributed by atoms with Crippen LogP contribution in [-0.2, 0) is 0 Å². The minimum atomic E-state index is -0.229. The van der Waals surface area contributed by atoms with Gasteiger partial charge in [-0.2, -0.15) is 0 Å². The molecule has 0 aliphatic carbocycles. The van der Waals surface area contributed by atoms with Gasteiger partial charge in [-0.25, -0.2) is 9.97 Å². The molecule has 2 amide bonds. The molecule has 1 N–H and O–H groups in total. The number of carbonyl (C=O) groups excluding carboxylic acids is 2. The normalized spacial score (nSPS) is 14.2. The van der Waals surface area contributed by atoms with Crippen molar-refractivity contribution < 1.29 is 9.59 Å². The molecule has 190 valence electrons. The Balaban J connectivity index is 1.09. The van der Waals surface area contributed by atoms with Crippen LogP contribution in [0.3, 0.4) is 0 Å². The summed E-state index contributed by atoms with van der Waals surface area (Å²) in [6.07, 6.45) is 6.82. The van der Waals surface area contributed by atoms with Gasteiger partial charge in [0.15, 0.2) is 0 Å². The van der Waals surface area contributed by atoms with Crippen molar-refractivity contribution in [3.8, 4) is 0 Å². The summed E-state index contributed by atoms with van der Waals surface area (Å²) in [5.41, 5.74) is 4.41. The van der Waals surface area contributed by atoms with Crippen LogP contribution in [0.5, 0.6) is 0 Å². The number of rotatable bonds is 4. The van der Waals surface area contributed by atoms with Gasteiger partial charge in [0.2, 0.25) is 5.78 Å². The summed E-state index contributed by atoms with van der Waals surface area (Å²) < 4.78 is 1.69. The Morgan fingerprint density at radius 2 is 1.82 bits per heavy atom. The smallest absolute Gasteiger partial charge is 0.274 e. The summed E-state index contributed by atoms with van der Waals surface area (Å²) in [4.78, 5) is 41.0. The molecule has 0 unspecified atom stereocenters. The van der Waals surface area contributed by atoms with Gasteiger partial charge in [0.05, 0.1) is 16.8 Å². The van der Waals surface area contributed by atoms with Crippen LogP contribution in [0.25, 0.3) is 16.7 Å². The molecule has 2 aromatic carbocycles. The summed E-state index contributed by atoms with van der Waals surface area (Å²) in [7, 11) is 0. The number of likely N-dealkylation sites (tertiary alicyclic amines) is 1. The Bertz CT molecular complexity index is 1670. The topological polar surface area (TPSA) is 92.5 Å². The molecule has 1 fully saturated rings. The van der Waals surface area contributed by atoms with E-state index in [-0.39, 0.29) is 11.8 Å². The number of amides is 2. The van der Waals surface area contributed by atoms with E-state index in [0.717, 1.165) is 23.7 Å². The molecule has 8 nitrogen and oxygen atoms in total. The number of piperidine rings is 1. The minimum Gasteiger partial charge on any atom is -0.339 e. The lowest BCUT2D eigenvalue weighted by molar-refractivity contribution is 0.0712. The maximum Gasteiger partial charge on any atom is 0.274 e. The summed E-state index contributed by atoms with van der Waals surface area (Å²) in [5, 5.41) is 4.45. The lowest BCUT2D eigenvalue weighted by atomic mass is 9.89. The predicted octanol–water partition coefficient (Wildman–Crippen LogP) is 5.51. The van der Waals surface area contributed by atoms with E-state index in [1.165, 1.54) is 5.56 Å². The first kappa shape index (κ1) is 24.1. The molecule has 0 spiro atoms. The molecule has 9 heteroatoms. The average molecular weight is 525 g/mol. The molecule has 0 atom stereocenters. The van der Waals surface area contributed by atoms with Gasteiger partial charge in [-0.3, -0.25) is 19.0 Å². The average Bonchev–Trinajstić information content (AvgIpc) is 3.28. The highest BCUT2D eigenvalue weighted by Gasteiger charge is 2.25. The molecule has 0 saturated carbocycles. The number of aryl methyl sites for hydroxylation is 1. The van der Waals surface area contributed by atoms with E-state index in [1.807, 2.05) is 35.2 Å². The van der Waals surface area contributed by atoms with Crippen molar-refractivity contribution in [1.82, 2.24) is 24.3 Å². The third-order valence-corrected chi connectivity index (χ3v) is 7.34. The quantitative estimate of drug-likeness (QED) is 0.334. The number of hydrogen-bond acceptors (Lipinski definition) is 5. The van der Waals surface area contributed by atoms with Gasteiger partial charge >= 0.3 is 0 Å². The van der Waals surface area contributed by atoms with E-state index >= 15 is 0 Å². The van der Waals surface area contributed by atoms with Gasteiger partial charge in [0.25, 0.3) is 11.8 Å². The molecular formula is C29H25ClN6O2. The zero-order valence-electron chi connectivity index (χ0n) is 20.8. The number of fused-ring (bicyclic) bond motifs is 2. The van der Waals surface area contributed by atoms with Crippen molar-refractivity contribution in [2.75, 3.05) is 18.4 Å². The first-order chi connectivity index (χ1) is 18.5. The number of carbonyl (C=O) groups is 2. The predicted molar refractivity (Wildman–Crippen MR) is 147 cm³/mol. The number of benzene rings is 2. The first-order valence-corrected chi connectivity index (χ1v) is 12.9. The maximum absolute atomic E-state index is 13.1. The van der Waals surface area contributed by atoms with Gasteiger partial charge in [-0.05, 0) is 73.7 Å². The monoisotopic (exact) mass is 524 g/mol. The van der Waals surface area contributed by atoms with E-state index < -0.39 is 0 Å². The number of pyridine rings is 1. The third-order valence-electron chi connectivity index (χ3n) is 7.11. The number of nitrogens with one attached hydrogen (secondary N) is 1. The van der Waals surface area contributed by atoms with Gasteiger partial charge < -0.3 is 10.2 Å². The molecule has 3 aromatic heterocycles. The maximum atomic E-state index is 13.1. The number of anilines is 1. The summed E-state index contributed by atoms with van der Waals surface area (Å²) in [6, 6.07) is 17.1. The van der Waals surface area contributed by atoms with Crippen LogP contribution >= 0.6 is 11.6 Å². The van der Waals surface area contributed by atoms with E-state index in [2.05, 4.69) is 32.4 Å². The fraction of sp³-hybridized carbons (Fsp3) is 0.207. The Labute approximate surface area is 224 Å². The Hall–Kier alpha value is -4.30. The number of aromatic nitrogens is 4. The van der Waals surface area contributed by atoms with Gasteiger partial charge in [-0.15, -0.1) is 0 Å². The lowest BCUT2D eigenvalue weighted by Gasteiger charge is -2.32. The van der Waals surface area contributed by atoms with Crippen LogP contribution in [-0.4, -0.2) is 49.2 Å². The molecule has 4 heterocycles. The molecule has 5 aromatic rings. The summed E-state index contributed by atoms with van der Waals surface area (Å²) in [6.45, 7) is 3.16. The van der Waals surface area contributed by atoms with Gasteiger partial charge in [0, 0.05) is 47.8 Å². The van der Waals surface area contributed by atoms with Crippen molar-refractivity contribution in [2.24, 2.45) is 0 Å². The van der Waals surface area contributed by atoms with Crippen molar-refractivity contribution in [2.45, 2.75) is 25.7 Å². The molecule has 6 rings (SSSR count). The molecule has 38 heavy (non-hydrogen) atoms. The second-order valence-electron chi connectivity index (χ2n) is 9.54. The number of halogens is 1. The number of nitrogens with zero attached hydrogens (tertiary/aromatic N) is 5. The van der Waals surface area contributed by atoms with Crippen molar-refractivity contribution >= 4 is 45.8 Å². The highest BCUT2D eigenvalue weighted by molar-refractivity contribution is 6.31. The highest BCUT2D eigenvalue weighted by atomic mass is 35.5. The second kappa shape index (κ2) is 9.87. The second-order valence-corrected chi connectivity index (χ2v) is 9.98. The molecular weight excluding hydrogens is 500 g/mol. The molecule has 0 bridgehead atoms. The van der Waals surface area contributed by atoms with Crippen molar-refractivity contribution in [1.29, 1.82) is 0 Å². The van der Waals surface area contributed by atoms with Crippen LogP contribution in [0, 0.1) is 6.92 Å². The third kappa shape index (κ3) is 4.59. The Morgan fingerprint density at radius 1 is 1.03 bits per heavy atom. The fourth-order valence-corrected chi connectivity index (χ4v) is 5.30. The first-order valence-electron chi connectivity index (χ1n) is 12.5. The molecule has 0 radical (unpaired) electrons. The molecule has 1 aliphatic heterocycles. The van der Waals surface area contributed by atoms with Crippen LogP contribution in [0.4, 0.5) is 5.69 Å². The number of imidazole rings is 1. The van der Waals surface area contributed by atoms with Crippen molar-refractivity contribution in [3.63, 3.8) is 0 Å².